The Morgan fingerprint density at radius 1 is 1.32 bits per heavy atom. The lowest BCUT2D eigenvalue weighted by Crippen LogP contribution is -2.15. The molecule has 0 saturated heterocycles. The van der Waals surface area contributed by atoms with Crippen LogP contribution in [0.1, 0.15) is 18.3 Å². The van der Waals surface area contributed by atoms with Crippen molar-refractivity contribution in [2.45, 2.75) is 19.8 Å². The van der Waals surface area contributed by atoms with Gasteiger partial charge >= 0.3 is 0 Å². The molecule has 0 fully saturated rings. The molecular weight excluding hydrogens is 244 g/mol. The van der Waals surface area contributed by atoms with Gasteiger partial charge in [0.25, 0.3) is 0 Å². The Balaban J connectivity index is 2.01. The van der Waals surface area contributed by atoms with Gasteiger partial charge < -0.3 is 15.3 Å². The second-order valence-corrected chi connectivity index (χ2v) is 4.08. The third-order valence-corrected chi connectivity index (χ3v) is 2.88. The van der Waals surface area contributed by atoms with E-state index in [1.807, 2.05) is 18.5 Å². The van der Waals surface area contributed by atoms with Crippen LogP contribution in [0.2, 0.25) is 0 Å². The molecule has 4 N–H and O–H groups in total. The van der Waals surface area contributed by atoms with Gasteiger partial charge in [-0.1, -0.05) is 6.92 Å². The number of hydrazine groups is 1. The summed E-state index contributed by atoms with van der Waals surface area (Å²) in [6.07, 6.45) is 4.74. The van der Waals surface area contributed by atoms with Gasteiger partial charge in [0.1, 0.15) is 30.1 Å². The van der Waals surface area contributed by atoms with E-state index in [9.17, 15) is 0 Å². The Morgan fingerprint density at radius 2 is 2.11 bits per heavy atom. The van der Waals surface area contributed by atoms with E-state index in [1.54, 1.807) is 6.33 Å². The standard InChI is InChI=1S/C11H18N8/c1-3-8-10(14-6-15-11(8)17-12)13-5-4-9-18-16-7-19(9)2/h6-7H,3-5,12H2,1-2H3,(H2,13,14,15,17). The number of hydrogen-bond donors (Lipinski definition) is 3. The zero-order chi connectivity index (χ0) is 13.7. The molecule has 0 saturated carbocycles. The molecule has 0 aliphatic rings. The number of nitrogen functional groups attached to an aromatic ring is 1. The topological polar surface area (TPSA) is 107 Å². The minimum Gasteiger partial charge on any atom is -0.369 e. The van der Waals surface area contributed by atoms with Crippen molar-refractivity contribution in [2.75, 3.05) is 17.3 Å². The van der Waals surface area contributed by atoms with E-state index in [1.165, 1.54) is 6.33 Å². The fraction of sp³-hybridized carbons (Fsp3) is 0.455. The summed E-state index contributed by atoms with van der Waals surface area (Å²) < 4.78 is 1.90. The SMILES string of the molecule is CCc1c(NN)ncnc1NCCc1nncn1C. The molecule has 0 unspecified atom stereocenters. The number of rotatable bonds is 6. The summed E-state index contributed by atoms with van der Waals surface area (Å²) in [5.74, 6) is 7.81. The van der Waals surface area contributed by atoms with Crippen LogP contribution in [0.5, 0.6) is 0 Å². The van der Waals surface area contributed by atoms with E-state index in [4.69, 9.17) is 5.84 Å². The maximum absolute atomic E-state index is 5.43. The summed E-state index contributed by atoms with van der Waals surface area (Å²) in [7, 11) is 1.92. The Hall–Kier alpha value is -2.22. The second-order valence-electron chi connectivity index (χ2n) is 4.08. The predicted octanol–water partition coefficient (Wildman–Crippen LogP) is 0.108. The Labute approximate surface area is 111 Å². The van der Waals surface area contributed by atoms with Crippen LogP contribution in [0.4, 0.5) is 11.6 Å². The third kappa shape index (κ3) is 2.97. The van der Waals surface area contributed by atoms with Crippen molar-refractivity contribution in [2.24, 2.45) is 12.9 Å². The van der Waals surface area contributed by atoms with Crippen molar-refractivity contribution in [3.63, 3.8) is 0 Å². The summed E-state index contributed by atoms with van der Waals surface area (Å²) >= 11 is 0. The zero-order valence-corrected chi connectivity index (χ0v) is 11.1. The summed E-state index contributed by atoms with van der Waals surface area (Å²) in [6.45, 7) is 2.76. The summed E-state index contributed by atoms with van der Waals surface area (Å²) in [6, 6.07) is 0. The van der Waals surface area contributed by atoms with Crippen molar-refractivity contribution in [3.8, 4) is 0 Å². The van der Waals surface area contributed by atoms with Gasteiger partial charge in [-0.2, -0.15) is 0 Å². The number of aromatic nitrogens is 5. The first kappa shape index (κ1) is 13.2. The van der Waals surface area contributed by atoms with Crippen LogP contribution in [0, 0.1) is 0 Å². The molecule has 0 aliphatic heterocycles. The highest BCUT2D eigenvalue weighted by molar-refractivity contribution is 5.56. The predicted molar refractivity (Wildman–Crippen MR) is 72.4 cm³/mol. The van der Waals surface area contributed by atoms with Crippen LogP contribution in [0.3, 0.4) is 0 Å². The Morgan fingerprint density at radius 3 is 2.74 bits per heavy atom. The normalized spacial score (nSPS) is 10.5. The minimum atomic E-state index is 0.652. The van der Waals surface area contributed by atoms with Crippen LogP contribution >= 0.6 is 0 Å². The van der Waals surface area contributed by atoms with E-state index in [0.717, 1.165) is 36.6 Å². The number of hydrogen-bond acceptors (Lipinski definition) is 7. The molecule has 0 atom stereocenters. The third-order valence-electron chi connectivity index (χ3n) is 2.88. The molecule has 0 spiro atoms. The van der Waals surface area contributed by atoms with Gasteiger partial charge in [0.15, 0.2) is 0 Å². The lowest BCUT2D eigenvalue weighted by molar-refractivity contribution is 0.786. The van der Waals surface area contributed by atoms with Gasteiger partial charge in [-0.25, -0.2) is 15.8 Å². The fourth-order valence-electron chi connectivity index (χ4n) is 1.85. The summed E-state index contributed by atoms with van der Waals surface area (Å²) in [5.41, 5.74) is 3.56. The second kappa shape index (κ2) is 6.10. The first-order valence-electron chi connectivity index (χ1n) is 6.13. The smallest absolute Gasteiger partial charge is 0.148 e. The Bertz CT molecular complexity index is 535. The first-order chi connectivity index (χ1) is 9.26. The van der Waals surface area contributed by atoms with Gasteiger partial charge in [-0.3, -0.25) is 0 Å². The average molecular weight is 262 g/mol. The molecule has 2 aromatic rings. The van der Waals surface area contributed by atoms with Gasteiger partial charge in [0, 0.05) is 25.6 Å². The van der Waals surface area contributed by atoms with E-state index in [-0.39, 0.29) is 0 Å². The van der Waals surface area contributed by atoms with Crippen LogP contribution in [-0.4, -0.2) is 31.3 Å². The molecule has 0 aromatic carbocycles. The van der Waals surface area contributed by atoms with Crippen molar-refractivity contribution in [3.05, 3.63) is 24.0 Å². The van der Waals surface area contributed by atoms with E-state index < -0.39 is 0 Å². The number of nitrogens with two attached hydrogens (primary N) is 1. The van der Waals surface area contributed by atoms with Gasteiger partial charge in [-0.05, 0) is 6.42 Å². The lowest BCUT2D eigenvalue weighted by atomic mass is 10.2. The molecule has 2 aromatic heterocycles. The highest BCUT2D eigenvalue weighted by atomic mass is 15.3. The zero-order valence-electron chi connectivity index (χ0n) is 11.1. The number of nitrogens with zero attached hydrogens (tertiary/aromatic N) is 5. The van der Waals surface area contributed by atoms with Crippen molar-refractivity contribution >= 4 is 11.6 Å². The number of nitrogens with one attached hydrogen (secondary N) is 2. The van der Waals surface area contributed by atoms with Crippen molar-refractivity contribution in [1.82, 2.24) is 24.7 Å². The van der Waals surface area contributed by atoms with E-state index in [2.05, 4.69) is 30.9 Å². The quantitative estimate of drug-likeness (QED) is 0.501. The molecule has 2 rings (SSSR count). The molecule has 0 bridgehead atoms. The molecule has 0 aliphatic carbocycles. The van der Waals surface area contributed by atoms with Gasteiger partial charge in [-0.15, -0.1) is 10.2 Å². The number of aryl methyl sites for hydroxylation is 1. The van der Waals surface area contributed by atoms with Crippen molar-refractivity contribution in [1.29, 1.82) is 0 Å². The number of anilines is 2. The average Bonchev–Trinajstić information content (AvgIpc) is 2.84. The molecule has 0 amide bonds. The van der Waals surface area contributed by atoms with Crippen LogP contribution in [0.25, 0.3) is 0 Å². The van der Waals surface area contributed by atoms with Gasteiger partial charge in [0.2, 0.25) is 0 Å². The van der Waals surface area contributed by atoms with E-state index >= 15 is 0 Å². The van der Waals surface area contributed by atoms with Crippen molar-refractivity contribution < 1.29 is 0 Å². The van der Waals surface area contributed by atoms with Crippen LogP contribution < -0.4 is 16.6 Å². The molecule has 102 valence electrons. The largest absolute Gasteiger partial charge is 0.369 e. The highest BCUT2D eigenvalue weighted by Crippen LogP contribution is 2.19. The molecular formula is C11H18N8. The monoisotopic (exact) mass is 262 g/mol. The van der Waals surface area contributed by atoms with E-state index in [0.29, 0.717) is 5.82 Å². The molecule has 19 heavy (non-hydrogen) atoms. The summed E-state index contributed by atoms with van der Waals surface area (Å²) in [5, 5.41) is 11.1. The maximum Gasteiger partial charge on any atom is 0.148 e. The summed E-state index contributed by atoms with van der Waals surface area (Å²) in [4.78, 5) is 8.33. The van der Waals surface area contributed by atoms with Crippen LogP contribution in [-0.2, 0) is 19.9 Å². The molecule has 2 heterocycles. The molecule has 0 radical (unpaired) electrons. The minimum absolute atomic E-state index is 0.652. The lowest BCUT2D eigenvalue weighted by Gasteiger charge is -2.12. The fourth-order valence-corrected chi connectivity index (χ4v) is 1.85. The van der Waals surface area contributed by atoms with Gasteiger partial charge in [0.05, 0.1) is 0 Å². The van der Waals surface area contributed by atoms with Crippen LogP contribution in [0.15, 0.2) is 12.7 Å². The molecule has 8 nitrogen and oxygen atoms in total. The Kier molecular flexibility index (Phi) is 4.24. The maximum atomic E-state index is 5.43. The molecule has 8 heteroatoms. The highest BCUT2D eigenvalue weighted by Gasteiger charge is 2.08. The first-order valence-corrected chi connectivity index (χ1v) is 6.13.